The Labute approximate surface area is 288 Å². The van der Waals surface area contributed by atoms with Gasteiger partial charge in [-0.3, -0.25) is 0 Å². The first-order chi connectivity index (χ1) is 20.6. The van der Waals surface area contributed by atoms with Crippen LogP contribution < -0.4 is 15.1 Å². The van der Waals surface area contributed by atoms with Crippen molar-refractivity contribution in [2.75, 3.05) is 29.1 Å². The largest absolute Gasteiger partial charge is 2.00 e. The summed E-state index contributed by atoms with van der Waals surface area (Å²) in [5, 5.41) is 3.67. The van der Waals surface area contributed by atoms with Crippen molar-refractivity contribution in [3.63, 3.8) is 0 Å². The van der Waals surface area contributed by atoms with Crippen LogP contribution in [0.2, 0.25) is 10.0 Å². The Morgan fingerprint density at radius 1 is 0.727 bits per heavy atom. The van der Waals surface area contributed by atoms with E-state index in [-0.39, 0.29) is 19.5 Å². The maximum Gasteiger partial charge on any atom is 2.00 e. The Morgan fingerprint density at radius 3 is 1.70 bits per heavy atom. The Kier molecular flexibility index (Phi) is 11.6. The number of hydrogen-bond donors (Lipinski definition) is 0. The Bertz CT molecular complexity index is 1600. The predicted octanol–water partition coefficient (Wildman–Crippen LogP) is 10.9. The third-order valence-corrected chi connectivity index (χ3v) is 11.6. The molecule has 44 heavy (non-hydrogen) atoms. The van der Waals surface area contributed by atoms with Crippen molar-refractivity contribution in [2.45, 2.75) is 48.5 Å². The van der Waals surface area contributed by atoms with Crippen molar-refractivity contribution in [1.29, 1.82) is 0 Å². The molecule has 0 bridgehead atoms. The normalized spacial score (nSPS) is 13.9. The Balaban J connectivity index is 0.00000442. The molecule has 0 N–H and O–H groups in total. The van der Waals surface area contributed by atoms with Crippen molar-refractivity contribution in [1.82, 2.24) is 0 Å². The monoisotopic (exact) mass is 728 g/mol. The van der Waals surface area contributed by atoms with Gasteiger partial charge in [-0.25, -0.2) is 0 Å². The molecule has 6 heteroatoms. The summed E-state index contributed by atoms with van der Waals surface area (Å²) < 4.78 is 0. The molecule has 1 fully saturated rings. The van der Waals surface area contributed by atoms with Crippen LogP contribution in [0, 0.1) is 41.5 Å². The summed E-state index contributed by atoms with van der Waals surface area (Å²) in [5.74, 6) is 1.24. The summed E-state index contributed by atoms with van der Waals surface area (Å²) in [6.07, 6.45) is 5.54. The van der Waals surface area contributed by atoms with E-state index in [1.165, 1.54) is 61.5 Å². The third kappa shape index (κ3) is 7.03. The van der Waals surface area contributed by atoms with Crippen molar-refractivity contribution in [2.24, 2.45) is 0 Å². The van der Waals surface area contributed by atoms with Gasteiger partial charge in [0.15, 0.2) is 0 Å². The molecule has 4 aromatic rings. The van der Waals surface area contributed by atoms with Gasteiger partial charge in [0.25, 0.3) is 0 Å². The second-order valence-electron chi connectivity index (χ2n) is 11.6. The molecule has 0 aliphatic carbocycles. The first kappa shape index (κ1) is 34.5. The Morgan fingerprint density at radius 2 is 1.23 bits per heavy atom. The molecular weight excluding hydrogens is 687 g/mol. The molecule has 1 atom stereocenters. The molecule has 1 saturated heterocycles. The summed E-state index contributed by atoms with van der Waals surface area (Å²) in [6.45, 7) is 17.4. The van der Waals surface area contributed by atoms with Gasteiger partial charge in [-0.2, -0.15) is 0 Å². The molecule has 1 heterocycles. The number of nitrogens with zero attached hydrogens (tertiary/aromatic N) is 2. The number of hydrogen-bond acceptors (Lipinski definition) is 2. The molecule has 0 radical (unpaired) electrons. The van der Waals surface area contributed by atoms with Crippen LogP contribution in [0.3, 0.4) is 0 Å². The van der Waals surface area contributed by atoms with E-state index in [0.717, 1.165) is 24.6 Å². The van der Waals surface area contributed by atoms with E-state index in [9.17, 15) is 0 Å². The van der Waals surface area contributed by atoms with E-state index in [4.69, 9.17) is 23.2 Å². The molecule has 4 aromatic carbocycles. The molecule has 228 valence electrons. The Hall–Kier alpha value is -2.41. The van der Waals surface area contributed by atoms with E-state index >= 15 is 0 Å². The number of rotatable bonds is 7. The maximum atomic E-state index is 6.99. The molecule has 1 aliphatic rings. The second kappa shape index (κ2) is 14.8. The van der Waals surface area contributed by atoms with Gasteiger partial charge in [-0.1, -0.05) is 114 Å². The van der Waals surface area contributed by atoms with Gasteiger partial charge in [0, 0.05) is 35.1 Å². The molecule has 0 spiro atoms. The minimum atomic E-state index is -0.853. The zero-order valence-corrected chi connectivity index (χ0v) is 30.8. The standard InChI is InChI=1S/C38H41Cl2N2P.Ru/c1-8-43(33-16-12-15-32(39)35(33)40)34(18-17-31-13-10-9-11-14-31)38-41(36-27(4)21-25(2)22-28(36)5)19-20-42(38)37-29(6)23-26(3)24-30(37)7;/h9-18,21-24H,8,19-20H2,1-7H3;/q;+2. The third-order valence-electron chi connectivity index (χ3n) is 8.16. The summed E-state index contributed by atoms with van der Waals surface area (Å²) in [5.41, 5.74) is 11.5. The number of allylic oxidation sites excluding steroid dienone is 2. The molecule has 1 aliphatic heterocycles. The van der Waals surface area contributed by atoms with E-state index in [1.807, 2.05) is 12.1 Å². The van der Waals surface area contributed by atoms with Crippen LogP contribution in [0.4, 0.5) is 11.4 Å². The summed E-state index contributed by atoms with van der Waals surface area (Å²) in [4.78, 5) is 5.13. The first-order valence-electron chi connectivity index (χ1n) is 15.0. The van der Waals surface area contributed by atoms with Crippen LogP contribution in [0.25, 0.3) is 6.08 Å². The minimum absolute atomic E-state index is 0. The molecule has 0 amide bonds. The average Bonchev–Trinajstić information content (AvgIpc) is 3.36. The van der Waals surface area contributed by atoms with Crippen LogP contribution in [-0.2, 0) is 19.5 Å². The van der Waals surface area contributed by atoms with Crippen LogP contribution >= 0.6 is 31.1 Å². The SMILES string of the molecule is CCP(C(C=Cc1ccccc1)=C1N(c2c(C)cc(C)cc2C)CCN1c1c(C)cc(C)cc1C)c1cccc(Cl)c1Cl.[Ru+2]. The van der Waals surface area contributed by atoms with Gasteiger partial charge in [-0.15, -0.1) is 0 Å². The van der Waals surface area contributed by atoms with Gasteiger partial charge in [0.2, 0.25) is 0 Å². The number of benzene rings is 4. The molecular formula is C38H41Cl2N2PRu+2. The average molecular weight is 729 g/mol. The van der Waals surface area contributed by atoms with Gasteiger partial charge >= 0.3 is 19.5 Å². The fourth-order valence-electron chi connectivity index (χ4n) is 6.66. The summed E-state index contributed by atoms with van der Waals surface area (Å²) in [7, 11) is -0.853. The minimum Gasteiger partial charge on any atom is -0.325 e. The van der Waals surface area contributed by atoms with Crippen molar-refractivity contribution >= 4 is 53.9 Å². The zero-order chi connectivity index (χ0) is 30.8. The van der Waals surface area contributed by atoms with Crippen molar-refractivity contribution < 1.29 is 19.5 Å². The van der Waals surface area contributed by atoms with Gasteiger partial charge in [0.05, 0.1) is 10.0 Å². The van der Waals surface area contributed by atoms with Crippen LogP contribution in [0.15, 0.2) is 90.0 Å². The molecule has 2 nitrogen and oxygen atoms in total. The molecule has 0 aromatic heterocycles. The van der Waals surface area contributed by atoms with E-state index in [0.29, 0.717) is 10.0 Å². The first-order valence-corrected chi connectivity index (χ1v) is 17.3. The van der Waals surface area contributed by atoms with Crippen molar-refractivity contribution in [3.05, 3.63) is 139 Å². The fourth-order valence-corrected chi connectivity index (χ4v) is 9.64. The van der Waals surface area contributed by atoms with Crippen LogP contribution in [-0.4, -0.2) is 19.3 Å². The number of halogens is 2. The number of anilines is 2. The smallest absolute Gasteiger partial charge is 0.325 e. The van der Waals surface area contributed by atoms with Crippen LogP contribution in [0.5, 0.6) is 0 Å². The van der Waals surface area contributed by atoms with E-state index in [1.54, 1.807) is 0 Å². The van der Waals surface area contributed by atoms with Gasteiger partial charge < -0.3 is 9.80 Å². The quantitative estimate of drug-likeness (QED) is 0.138. The molecule has 1 unspecified atom stereocenters. The van der Waals surface area contributed by atoms with Gasteiger partial charge in [0.1, 0.15) is 5.82 Å². The molecule has 5 rings (SSSR count). The van der Waals surface area contributed by atoms with E-state index in [2.05, 4.69) is 131 Å². The number of aryl methyl sites for hydroxylation is 6. The van der Waals surface area contributed by atoms with Crippen LogP contribution in [0.1, 0.15) is 45.9 Å². The second-order valence-corrected chi connectivity index (χ2v) is 14.8. The molecule has 0 saturated carbocycles. The summed E-state index contributed by atoms with van der Waals surface area (Å²) in [6, 6.07) is 25.9. The zero-order valence-electron chi connectivity index (χ0n) is 26.7. The van der Waals surface area contributed by atoms with Gasteiger partial charge in [-0.05, 0) is 95.6 Å². The van der Waals surface area contributed by atoms with Crippen molar-refractivity contribution in [3.8, 4) is 0 Å². The topological polar surface area (TPSA) is 6.48 Å². The summed E-state index contributed by atoms with van der Waals surface area (Å²) >= 11 is 13.6. The fraction of sp³-hybridized carbons (Fsp3) is 0.263. The maximum absolute atomic E-state index is 6.99. The predicted molar refractivity (Wildman–Crippen MR) is 192 cm³/mol. The van der Waals surface area contributed by atoms with E-state index < -0.39 is 7.92 Å².